The van der Waals surface area contributed by atoms with Crippen LogP contribution in [0.3, 0.4) is 0 Å². The second-order valence-electron chi connectivity index (χ2n) is 8.34. The van der Waals surface area contributed by atoms with Gasteiger partial charge in [0.25, 0.3) is 0 Å². The molecule has 0 aliphatic heterocycles. The maximum Gasteiger partial charge on any atom is 0.342 e. The summed E-state index contributed by atoms with van der Waals surface area (Å²) >= 11 is 0. The van der Waals surface area contributed by atoms with Crippen LogP contribution in [0.25, 0.3) is 0 Å². The van der Waals surface area contributed by atoms with Crippen LogP contribution in [-0.2, 0) is 17.6 Å². The molecule has 0 spiro atoms. The van der Waals surface area contributed by atoms with Crippen molar-refractivity contribution < 1.29 is 28.6 Å². The predicted octanol–water partition coefficient (Wildman–Crippen LogP) is 6.38. The molecule has 0 unspecified atom stereocenters. The highest BCUT2D eigenvalue weighted by Gasteiger charge is 2.25. The number of Topliss-reactive ketones (excluding diaryl/α,β-unsaturated/α-hetero) is 1. The van der Waals surface area contributed by atoms with Crippen molar-refractivity contribution in [3.8, 4) is 11.5 Å². The van der Waals surface area contributed by atoms with Crippen molar-refractivity contribution in [3.05, 3.63) is 81.7 Å². The maximum atomic E-state index is 13.2. The van der Waals surface area contributed by atoms with Crippen molar-refractivity contribution in [2.75, 3.05) is 13.7 Å². The number of allylic oxidation sites excluding steroid dienone is 4. The fraction of sp³-hybridized carbons (Fsp3) is 0.357. The van der Waals surface area contributed by atoms with Gasteiger partial charge in [-0.3, -0.25) is 4.79 Å². The molecule has 34 heavy (non-hydrogen) atoms. The lowest BCUT2D eigenvalue weighted by Crippen LogP contribution is -2.14. The summed E-state index contributed by atoms with van der Waals surface area (Å²) in [4.78, 5) is 25.5. The van der Waals surface area contributed by atoms with E-state index in [1.165, 1.54) is 36.9 Å². The van der Waals surface area contributed by atoms with Gasteiger partial charge in [0.05, 0.1) is 13.7 Å². The summed E-state index contributed by atoms with van der Waals surface area (Å²) < 4.78 is 23.9. The summed E-state index contributed by atoms with van der Waals surface area (Å²) in [5.41, 5.74) is 3.39. The molecule has 2 rings (SSSR count). The number of carbonyl (C=O) groups excluding carboxylic acids is 2. The Morgan fingerprint density at radius 2 is 1.76 bits per heavy atom. The van der Waals surface area contributed by atoms with Gasteiger partial charge in [-0.25, -0.2) is 9.18 Å². The van der Waals surface area contributed by atoms with Gasteiger partial charge in [-0.2, -0.15) is 0 Å². The van der Waals surface area contributed by atoms with Crippen LogP contribution in [0.15, 0.2) is 53.6 Å². The number of phenolic OH excluding ortho intramolecular Hbond substituents is 1. The van der Waals surface area contributed by atoms with E-state index in [1.54, 1.807) is 13.0 Å². The molecule has 0 aliphatic rings. The van der Waals surface area contributed by atoms with Gasteiger partial charge in [0.15, 0.2) is 5.78 Å². The van der Waals surface area contributed by atoms with E-state index >= 15 is 0 Å². The highest BCUT2D eigenvalue weighted by molar-refractivity contribution is 6.01. The van der Waals surface area contributed by atoms with Crippen molar-refractivity contribution in [2.45, 2.75) is 53.4 Å². The van der Waals surface area contributed by atoms with Crippen LogP contribution in [0.4, 0.5) is 4.39 Å². The minimum absolute atomic E-state index is 0.0521. The second-order valence-corrected chi connectivity index (χ2v) is 8.34. The molecule has 0 bridgehead atoms. The number of phenols is 1. The molecule has 0 aromatic heterocycles. The van der Waals surface area contributed by atoms with Crippen LogP contribution in [0.5, 0.6) is 11.5 Å². The first-order chi connectivity index (χ1) is 16.2. The molecule has 2 aromatic rings. The Balaban J connectivity index is 2.44. The van der Waals surface area contributed by atoms with Crippen molar-refractivity contribution in [3.63, 3.8) is 0 Å². The number of ether oxygens (including phenoxy) is 2. The standard InChI is InChI=1S/C28H33FO5/c1-6-34-28(32)26-21(16-24(30)20-11-13-22(29)14-12-20)17-25(33-5)23(27(26)31)15-10-19(4)9-7-8-18(2)3/h8,10-14,17,31H,6-7,9,15-16H2,1-5H3/b19-10+. The van der Waals surface area contributed by atoms with Crippen molar-refractivity contribution in [1.82, 2.24) is 0 Å². The van der Waals surface area contributed by atoms with E-state index < -0.39 is 11.8 Å². The smallest absolute Gasteiger partial charge is 0.342 e. The van der Waals surface area contributed by atoms with Crippen molar-refractivity contribution in [2.24, 2.45) is 0 Å². The third-order valence-electron chi connectivity index (χ3n) is 5.41. The van der Waals surface area contributed by atoms with E-state index in [9.17, 15) is 19.1 Å². The third kappa shape index (κ3) is 7.30. The summed E-state index contributed by atoms with van der Waals surface area (Å²) in [6.07, 6.45) is 6.14. The maximum absolute atomic E-state index is 13.2. The number of halogens is 1. The third-order valence-corrected chi connectivity index (χ3v) is 5.41. The van der Waals surface area contributed by atoms with E-state index in [2.05, 4.69) is 19.9 Å². The highest BCUT2D eigenvalue weighted by Crippen LogP contribution is 2.36. The molecular weight excluding hydrogens is 435 g/mol. The summed E-state index contributed by atoms with van der Waals surface area (Å²) in [5.74, 6) is -1.37. The molecule has 5 nitrogen and oxygen atoms in total. The fourth-order valence-corrected chi connectivity index (χ4v) is 3.56. The Morgan fingerprint density at radius 1 is 1.09 bits per heavy atom. The highest BCUT2D eigenvalue weighted by atomic mass is 19.1. The van der Waals surface area contributed by atoms with E-state index in [0.717, 1.165) is 18.4 Å². The Kier molecular flexibility index (Phi) is 10.0. The minimum atomic E-state index is -0.713. The van der Waals surface area contributed by atoms with E-state index in [4.69, 9.17) is 9.47 Å². The molecule has 1 N–H and O–H groups in total. The van der Waals surface area contributed by atoms with E-state index in [1.807, 2.05) is 13.0 Å². The molecule has 182 valence electrons. The zero-order valence-corrected chi connectivity index (χ0v) is 20.5. The topological polar surface area (TPSA) is 72.8 Å². The molecule has 0 saturated heterocycles. The van der Waals surface area contributed by atoms with E-state index in [-0.39, 0.29) is 35.7 Å². The molecule has 2 aromatic carbocycles. The lowest BCUT2D eigenvalue weighted by atomic mass is 9.93. The SMILES string of the molecule is CCOC(=O)c1c(CC(=O)c2ccc(F)cc2)cc(OC)c(C/C=C(\C)CCC=C(C)C)c1O. The molecule has 0 saturated carbocycles. The van der Waals surface area contributed by atoms with Gasteiger partial charge >= 0.3 is 5.97 Å². The molecule has 0 fully saturated rings. The summed E-state index contributed by atoms with van der Waals surface area (Å²) in [5, 5.41) is 11.1. The van der Waals surface area contributed by atoms with Crippen molar-refractivity contribution >= 4 is 11.8 Å². The summed E-state index contributed by atoms with van der Waals surface area (Å²) in [6.45, 7) is 7.92. The number of rotatable bonds is 11. The number of carbonyl (C=O) groups is 2. The zero-order valence-electron chi connectivity index (χ0n) is 20.5. The van der Waals surface area contributed by atoms with Crippen LogP contribution in [0, 0.1) is 5.82 Å². The number of aromatic hydroxyl groups is 1. The molecule has 0 amide bonds. The van der Waals surface area contributed by atoms with Crippen LogP contribution in [-0.4, -0.2) is 30.6 Å². The quantitative estimate of drug-likeness (QED) is 0.235. The normalized spacial score (nSPS) is 11.2. The Hall–Kier alpha value is -3.41. The second kappa shape index (κ2) is 12.7. The average Bonchev–Trinajstić information content (AvgIpc) is 2.78. The van der Waals surface area contributed by atoms with Gasteiger partial charge in [0.2, 0.25) is 0 Å². The lowest BCUT2D eigenvalue weighted by Gasteiger charge is -2.17. The molecule has 0 heterocycles. The molecular formula is C28H33FO5. The fourth-order valence-electron chi connectivity index (χ4n) is 3.56. The van der Waals surface area contributed by atoms with Crippen LogP contribution in [0.1, 0.15) is 72.4 Å². The van der Waals surface area contributed by atoms with Gasteiger partial charge in [-0.05, 0) is 82.9 Å². The predicted molar refractivity (Wildman–Crippen MR) is 131 cm³/mol. The van der Waals surface area contributed by atoms with Gasteiger partial charge in [0.1, 0.15) is 22.9 Å². The van der Waals surface area contributed by atoms with Gasteiger partial charge in [-0.1, -0.05) is 23.3 Å². The van der Waals surface area contributed by atoms with Gasteiger partial charge < -0.3 is 14.6 Å². The Bertz CT molecular complexity index is 1080. The zero-order chi connectivity index (χ0) is 25.3. The van der Waals surface area contributed by atoms with Crippen molar-refractivity contribution in [1.29, 1.82) is 0 Å². The summed E-state index contributed by atoms with van der Waals surface area (Å²) in [6, 6.07) is 6.76. The van der Waals surface area contributed by atoms with Gasteiger partial charge in [0, 0.05) is 17.5 Å². The Labute approximate surface area is 200 Å². The largest absolute Gasteiger partial charge is 0.507 e. The number of ketones is 1. The molecule has 0 aliphatic carbocycles. The van der Waals surface area contributed by atoms with Gasteiger partial charge in [-0.15, -0.1) is 0 Å². The number of benzene rings is 2. The number of esters is 1. The van der Waals surface area contributed by atoms with E-state index in [0.29, 0.717) is 23.3 Å². The van der Waals surface area contributed by atoms with Crippen LogP contribution < -0.4 is 4.74 Å². The molecule has 6 heteroatoms. The lowest BCUT2D eigenvalue weighted by molar-refractivity contribution is 0.0521. The summed E-state index contributed by atoms with van der Waals surface area (Å²) in [7, 11) is 1.47. The minimum Gasteiger partial charge on any atom is -0.507 e. The van der Waals surface area contributed by atoms with Crippen LogP contribution in [0.2, 0.25) is 0 Å². The average molecular weight is 469 g/mol. The molecule has 0 atom stereocenters. The molecule has 0 radical (unpaired) electrons. The first kappa shape index (κ1) is 26.8. The number of methoxy groups -OCH3 is 1. The first-order valence-electron chi connectivity index (χ1n) is 11.3. The first-order valence-corrected chi connectivity index (χ1v) is 11.3. The number of hydrogen-bond acceptors (Lipinski definition) is 5. The number of hydrogen-bond donors (Lipinski definition) is 1. The monoisotopic (exact) mass is 468 g/mol. The Morgan fingerprint density at radius 3 is 2.35 bits per heavy atom. The van der Waals surface area contributed by atoms with Crippen LogP contribution >= 0.6 is 0 Å².